The Morgan fingerprint density at radius 1 is 1.04 bits per heavy atom. The molecule has 0 saturated carbocycles. The summed E-state index contributed by atoms with van der Waals surface area (Å²) in [5.74, 6) is -4.88. The zero-order valence-corrected chi connectivity index (χ0v) is 11.6. The predicted molar refractivity (Wildman–Crippen MR) is 74.9 cm³/mol. The molecule has 0 aliphatic carbocycles. The zero-order chi connectivity index (χ0) is 17.0. The molecule has 2 N–H and O–H groups in total. The Labute approximate surface area is 128 Å². The maximum Gasteiger partial charge on any atom is 0.373 e. The average Bonchev–Trinajstić information content (AvgIpc) is 2.46. The summed E-state index contributed by atoms with van der Waals surface area (Å²) in [5.41, 5.74) is 0.191. The third-order valence-corrected chi connectivity index (χ3v) is 3.23. The van der Waals surface area contributed by atoms with Gasteiger partial charge in [0.2, 0.25) is 0 Å². The Bertz CT molecular complexity index is 713. The highest BCUT2D eigenvalue weighted by atomic mass is 17.1. The van der Waals surface area contributed by atoms with Gasteiger partial charge < -0.3 is 10.2 Å². The fourth-order valence-corrected chi connectivity index (χ4v) is 2.32. The second-order valence-corrected chi connectivity index (χ2v) is 4.56. The van der Waals surface area contributed by atoms with Crippen LogP contribution in [0.1, 0.15) is 11.5 Å². The lowest BCUT2D eigenvalue weighted by molar-refractivity contribution is -0.896. The molecule has 0 radical (unpaired) electrons. The summed E-state index contributed by atoms with van der Waals surface area (Å²) in [4.78, 5) is 29.0. The van der Waals surface area contributed by atoms with Crippen molar-refractivity contribution in [3.8, 4) is 0 Å². The number of rotatable bonds is 7. The quantitative estimate of drug-likeness (QED) is 0.435. The molecular formula is C13H12N2O8. The highest BCUT2D eigenvalue weighted by Crippen LogP contribution is 2.35. The van der Waals surface area contributed by atoms with Gasteiger partial charge in [0.05, 0.1) is 12.5 Å². The first-order valence-electron chi connectivity index (χ1n) is 6.35. The SMILES string of the molecule is O=[N+]([O-])OC(O)(O[N+](=O)[O-])C(CO)c1cccc2ccccc12. The van der Waals surface area contributed by atoms with E-state index in [4.69, 9.17) is 0 Å². The maximum absolute atomic E-state index is 10.6. The second kappa shape index (κ2) is 6.42. The molecule has 10 heteroatoms. The van der Waals surface area contributed by atoms with Gasteiger partial charge in [0.25, 0.3) is 10.2 Å². The summed E-state index contributed by atoms with van der Waals surface area (Å²) >= 11 is 0. The predicted octanol–water partition coefficient (Wildman–Crippen LogP) is 0.978. The number of aliphatic hydroxyl groups excluding tert-OH is 1. The van der Waals surface area contributed by atoms with Gasteiger partial charge in [-0.05, 0) is 16.3 Å². The second-order valence-electron chi connectivity index (χ2n) is 4.56. The zero-order valence-electron chi connectivity index (χ0n) is 11.6. The van der Waals surface area contributed by atoms with Crippen molar-refractivity contribution in [2.45, 2.75) is 11.9 Å². The molecule has 23 heavy (non-hydrogen) atoms. The summed E-state index contributed by atoms with van der Waals surface area (Å²) in [6.07, 6.45) is 0. The monoisotopic (exact) mass is 324 g/mol. The number of hydrogen-bond acceptors (Lipinski definition) is 8. The molecule has 0 aromatic heterocycles. The highest BCUT2D eigenvalue weighted by Gasteiger charge is 2.46. The van der Waals surface area contributed by atoms with E-state index in [9.17, 15) is 30.4 Å². The van der Waals surface area contributed by atoms with E-state index in [0.29, 0.717) is 10.8 Å². The fourth-order valence-electron chi connectivity index (χ4n) is 2.32. The minimum Gasteiger partial charge on any atom is -0.395 e. The Morgan fingerprint density at radius 3 is 2.17 bits per heavy atom. The van der Waals surface area contributed by atoms with Crippen LogP contribution in [0, 0.1) is 20.2 Å². The maximum atomic E-state index is 10.6. The van der Waals surface area contributed by atoms with Crippen LogP contribution in [0.2, 0.25) is 0 Å². The summed E-state index contributed by atoms with van der Waals surface area (Å²) in [5, 5.41) is 39.1. The molecule has 10 nitrogen and oxygen atoms in total. The van der Waals surface area contributed by atoms with Crippen LogP contribution in [-0.4, -0.2) is 33.0 Å². The van der Waals surface area contributed by atoms with Gasteiger partial charge in [0.1, 0.15) is 0 Å². The number of nitrogens with zero attached hydrogens (tertiary/aromatic N) is 2. The molecule has 2 aromatic rings. The van der Waals surface area contributed by atoms with Crippen LogP contribution < -0.4 is 0 Å². The standard InChI is InChI=1S/C13H12N2O8/c16-8-12(13(17,22-14(18)19)23-15(20)21)11-7-3-5-9-4-1-2-6-10(9)11/h1-7,12,16-17H,8H2. The molecule has 1 unspecified atom stereocenters. The Kier molecular flexibility index (Phi) is 4.57. The summed E-state index contributed by atoms with van der Waals surface area (Å²) in [7, 11) is 0. The highest BCUT2D eigenvalue weighted by molar-refractivity contribution is 5.86. The number of benzene rings is 2. The van der Waals surface area contributed by atoms with E-state index < -0.39 is 28.7 Å². The van der Waals surface area contributed by atoms with Crippen molar-refractivity contribution in [3.63, 3.8) is 0 Å². The first-order valence-corrected chi connectivity index (χ1v) is 6.35. The van der Waals surface area contributed by atoms with E-state index in [-0.39, 0.29) is 5.56 Å². The van der Waals surface area contributed by atoms with Gasteiger partial charge in [0.15, 0.2) is 0 Å². The van der Waals surface area contributed by atoms with Gasteiger partial charge in [-0.1, -0.05) is 42.5 Å². The van der Waals surface area contributed by atoms with Gasteiger partial charge in [-0.3, -0.25) is 0 Å². The van der Waals surface area contributed by atoms with Gasteiger partial charge in [-0.15, -0.1) is 20.2 Å². The largest absolute Gasteiger partial charge is 0.395 e. The van der Waals surface area contributed by atoms with Crippen LogP contribution >= 0.6 is 0 Å². The molecule has 0 saturated heterocycles. The van der Waals surface area contributed by atoms with E-state index in [1.54, 1.807) is 36.4 Å². The molecule has 2 aromatic carbocycles. The first-order chi connectivity index (χ1) is 10.9. The van der Waals surface area contributed by atoms with Crippen molar-refractivity contribution in [2.24, 2.45) is 0 Å². The first kappa shape index (κ1) is 16.4. The summed E-state index contributed by atoms with van der Waals surface area (Å²) in [6.45, 7) is -0.897. The molecule has 122 valence electrons. The molecule has 0 bridgehead atoms. The van der Waals surface area contributed by atoms with Crippen LogP contribution in [0.5, 0.6) is 0 Å². The van der Waals surface area contributed by atoms with Crippen molar-refractivity contribution in [2.75, 3.05) is 6.61 Å². The summed E-state index contributed by atoms with van der Waals surface area (Å²) in [6, 6.07) is 11.5. The molecule has 0 aliphatic rings. The van der Waals surface area contributed by atoms with E-state index in [1.165, 1.54) is 6.07 Å². The lowest BCUT2D eigenvalue weighted by Crippen LogP contribution is -2.46. The van der Waals surface area contributed by atoms with Crippen molar-refractivity contribution in [1.29, 1.82) is 0 Å². The number of fused-ring (bicyclic) bond motifs is 1. The third kappa shape index (κ3) is 3.44. The lowest BCUT2D eigenvalue weighted by Gasteiger charge is -2.30. The molecular weight excluding hydrogens is 312 g/mol. The van der Waals surface area contributed by atoms with Crippen LogP contribution in [0.25, 0.3) is 10.8 Å². The number of aliphatic hydroxyl groups is 2. The van der Waals surface area contributed by atoms with E-state index >= 15 is 0 Å². The van der Waals surface area contributed by atoms with Crippen molar-refractivity contribution in [1.82, 2.24) is 0 Å². The molecule has 0 amide bonds. The average molecular weight is 324 g/mol. The molecule has 2 rings (SSSR count). The van der Waals surface area contributed by atoms with Gasteiger partial charge >= 0.3 is 5.97 Å². The Hall–Kier alpha value is -2.98. The lowest BCUT2D eigenvalue weighted by atomic mass is 9.92. The van der Waals surface area contributed by atoms with Crippen LogP contribution in [0.4, 0.5) is 0 Å². The van der Waals surface area contributed by atoms with Gasteiger partial charge in [0, 0.05) is 0 Å². The normalized spacial score (nSPS) is 12.6. The summed E-state index contributed by atoms with van der Waals surface area (Å²) < 4.78 is 0. The van der Waals surface area contributed by atoms with Crippen LogP contribution in [0.15, 0.2) is 42.5 Å². The van der Waals surface area contributed by atoms with Crippen molar-refractivity contribution in [3.05, 3.63) is 68.3 Å². The Balaban J connectivity index is 2.57. The molecule has 0 heterocycles. The fraction of sp³-hybridized carbons (Fsp3) is 0.231. The van der Waals surface area contributed by atoms with Gasteiger partial charge in [-0.25, -0.2) is 9.68 Å². The van der Waals surface area contributed by atoms with E-state index in [1.807, 2.05) is 0 Å². The third-order valence-electron chi connectivity index (χ3n) is 3.23. The van der Waals surface area contributed by atoms with E-state index in [2.05, 4.69) is 9.68 Å². The van der Waals surface area contributed by atoms with Crippen molar-refractivity contribution >= 4 is 10.8 Å². The minimum absolute atomic E-state index is 0.191. The smallest absolute Gasteiger partial charge is 0.373 e. The van der Waals surface area contributed by atoms with E-state index in [0.717, 1.165) is 0 Å². The molecule has 0 fully saturated rings. The molecule has 0 aliphatic heterocycles. The van der Waals surface area contributed by atoms with Crippen LogP contribution in [-0.2, 0) is 9.68 Å². The molecule has 0 spiro atoms. The van der Waals surface area contributed by atoms with Crippen molar-refractivity contribution < 1.29 is 30.1 Å². The van der Waals surface area contributed by atoms with Gasteiger partial charge in [-0.2, -0.15) is 0 Å². The Morgan fingerprint density at radius 2 is 1.61 bits per heavy atom. The number of hydrogen-bond donors (Lipinski definition) is 2. The molecule has 1 atom stereocenters. The topological polar surface area (TPSA) is 145 Å². The minimum atomic E-state index is -3.29. The van der Waals surface area contributed by atoms with Crippen LogP contribution in [0.3, 0.4) is 0 Å².